The minimum atomic E-state index is -4.61. The summed E-state index contributed by atoms with van der Waals surface area (Å²) in [6, 6.07) is 0. The molecule has 0 aromatic heterocycles. The average Bonchev–Trinajstić information content (AvgIpc) is 2.48. The quantitative estimate of drug-likeness (QED) is 0.511. The fourth-order valence-electron chi connectivity index (χ4n) is 0.831. The Morgan fingerprint density at radius 1 is 1.38 bits per heavy atom. The van der Waals surface area contributed by atoms with Crippen LogP contribution in [0.25, 0.3) is 0 Å². The minimum Gasteiger partial charge on any atom is -0.455 e. The largest absolute Gasteiger partial charge is 0.490 e. The topological polar surface area (TPSA) is 32.3 Å². The Morgan fingerprint density at radius 2 is 1.94 bits per heavy atom. The molecule has 7 heteroatoms. The second-order valence-corrected chi connectivity index (χ2v) is 3.71. The van der Waals surface area contributed by atoms with Gasteiger partial charge >= 0.3 is 12.3 Å². The van der Waals surface area contributed by atoms with Crippen molar-refractivity contribution in [1.29, 1.82) is 0 Å². The van der Waals surface area contributed by atoms with Crippen LogP contribution in [0.2, 0.25) is 0 Å². The van der Waals surface area contributed by atoms with E-state index in [-0.39, 0.29) is 0 Å². The Labute approximate surface area is 90.6 Å². The first kappa shape index (κ1) is 12.4. The number of alkyl halides is 3. The molecular weight excluding hydrogens is 225 g/mol. The Bertz CT molecular complexity index is 358. The van der Waals surface area contributed by atoms with Crippen LogP contribution >= 0.6 is 0 Å². The molecule has 0 aromatic rings. The molecule has 0 aliphatic carbocycles. The van der Waals surface area contributed by atoms with Gasteiger partial charge < -0.3 is 4.74 Å². The van der Waals surface area contributed by atoms with Crippen molar-refractivity contribution in [3.63, 3.8) is 0 Å². The molecule has 0 aromatic carbocycles. The summed E-state index contributed by atoms with van der Waals surface area (Å²) in [5.41, 5.74) is -2.53. The summed E-state index contributed by atoms with van der Waals surface area (Å²) >= 11 is 0. The molecule has 1 amide bonds. The van der Waals surface area contributed by atoms with E-state index in [9.17, 15) is 18.0 Å². The fraction of sp³-hybridized carbons (Fsp3) is 0.444. The van der Waals surface area contributed by atoms with Crippen molar-refractivity contribution in [2.45, 2.75) is 25.6 Å². The normalized spacial score (nSPS) is 16.3. The van der Waals surface area contributed by atoms with Crippen LogP contribution in [0.1, 0.15) is 13.8 Å². The first-order chi connectivity index (χ1) is 7.13. The molecule has 0 radical (unpaired) electrons. The lowest BCUT2D eigenvalue weighted by Gasteiger charge is -2.27. The van der Waals surface area contributed by atoms with Crippen molar-refractivity contribution in [2.75, 3.05) is 0 Å². The van der Waals surface area contributed by atoms with Gasteiger partial charge in [0.25, 0.3) is 6.34 Å². The lowest BCUT2D eigenvalue weighted by molar-refractivity contribution is -0.420. The zero-order valence-corrected chi connectivity index (χ0v) is 8.78. The standard InChI is InChI=1S/C9H11F3N2O2/c1-8(2,9(10,11)12)16-7(15)14-5-4-13(3)6-14/h4-6H,3H2,1-2H3. The fourth-order valence-corrected chi connectivity index (χ4v) is 0.831. The van der Waals surface area contributed by atoms with Gasteiger partial charge in [-0.2, -0.15) is 13.2 Å². The molecule has 16 heavy (non-hydrogen) atoms. The molecule has 0 saturated heterocycles. The predicted molar refractivity (Wildman–Crippen MR) is 48.9 cm³/mol. The summed E-state index contributed by atoms with van der Waals surface area (Å²) in [4.78, 5) is 11.3. The predicted octanol–water partition coefficient (Wildman–Crippen LogP) is 1.55. The molecule has 90 valence electrons. The first-order valence-corrected chi connectivity index (χ1v) is 4.34. The van der Waals surface area contributed by atoms with Crippen LogP contribution < -0.4 is 0 Å². The van der Waals surface area contributed by atoms with Crippen molar-refractivity contribution >= 4 is 19.1 Å². The Hall–Kier alpha value is -1.66. The van der Waals surface area contributed by atoms with E-state index in [1.807, 2.05) is 0 Å². The van der Waals surface area contributed by atoms with Crippen molar-refractivity contribution in [2.24, 2.45) is 0 Å². The Morgan fingerprint density at radius 3 is 2.31 bits per heavy atom. The van der Waals surface area contributed by atoms with Gasteiger partial charge in [-0.05, 0) is 13.8 Å². The van der Waals surface area contributed by atoms with E-state index in [1.54, 1.807) is 0 Å². The van der Waals surface area contributed by atoms with E-state index in [0.29, 0.717) is 0 Å². The molecule has 0 spiro atoms. The van der Waals surface area contributed by atoms with Gasteiger partial charge in [-0.3, -0.25) is 9.37 Å². The third-order valence-corrected chi connectivity index (χ3v) is 1.93. The molecule has 1 aliphatic rings. The highest BCUT2D eigenvalue weighted by molar-refractivity contribution is 5.65. The highest BCUT2D eigenvalue weighted by Gasteiger charge is 2.51. The van der Waals surface area contributed by atoms with Crippen LogP contribution in [0.5, 0.6) is 0 Å². The second-order valence-electron chi connectivity index (χ2n) is 3.71. The van der Waals surface area contributed by atoms with Gasteiger partial charge in [0.05, 0.1) is 13.1 Å². The maximum absolute atomic E-state index is 12.4. The van der Waals surface area contributed by atoms with Crippen LogP contribution in [-0.2, 0) is 4.74 Å². The van der Waals surface area contributed by atoms with E-state index < -0.39 is 17.9 Å². The number of hydrogen-bond donors (Lipinski definition) is 0. The van der Waals surface area contributed by atoms with Crippen LogP contribution in [-0.4, -0.2) is 40.1 Å². The third kappa shape index (κ3) is 2.47. The zero-order chi connectivity index (χ0) is 12.6. The van der Waals surface area contributed by atoms with E-state index in [2.05, 4.69) is 11.5 Å². The molecule has 0 bridgehead atoms. The zero-order valence-electron chi connectivity index (χ0n) is 8.78. The van der Waals surface area contributed by atoms with Gasteiger partial charge in [0.1, 0.15) is 0 Å². The number of nitrogens with zero attached hydrogens (tertiary/aromatic N) is 2. The second kappa shape index (κ2) is 3.73. The van der Waals surface area contributed by atoms with Crippen molar-refractivity contribution < 1.29 is 31.9 Å². The van der Waals surface area contributed by atoms with Gasteiger partial charge in [-0.25, -0.2) is 4.58 Å². The number of carbonyl (C=O) groups is 1. The summed E-state index contributed by atoms with van der Waals surface area (Å²) in [6.07, 6.45) is -4.52. The van der Waals surface area contributed by atoms with Gasteiger partial charge in [0, 0.05) is 6.72 Å². The van der Waals surface area contributed by atoms with Crippen molar-refractivity contribution in [1.82, 2.24) is 0 Å². The van der Waals surface area contributed by atoms with Crippen LogP contribution in [0.3, 0.4) is 0 Å². The van der Waals surface area contributed by atoms with Gasteiger partial charge in [0.15, 0.2) is 5.60 Å². The van der Waals surface area contributed by atoms with Crippen molar-refractivity contribution in [3.8, 4) is 0 Å². The summed E-state index contributed by atoms with van der Waals surface area (Å²) in [5.74, 6) is 0. The molecule has 1 rings (SSSR count). The van der Waals surface area contributed by atoms with Gasteiger partial charge in [-0.15, -0.1) is 0 Å². The molecule has 0 fully saturated rings. The maximum atomic E-state index is 12.4. The molecule has 0 N–H and O–H groups in total. The van der Waals surface area contributed by atoms with Crippen LogP contribution in [0.15, 0.2) is 0 Å². The molecule has 0 unspecified atom stereocenters. The molecule has 0 saturated carbocycles. The summed E-state index contributed by atoms with van der Waals surface area (Å²) < 4.78 is 43.7. The average molecular weight is 236 g/mol. The maximum Gasteiger partial charge on any atom is 0.490 e. The smallest absolute Gasteiger partial charge is 0.455 e. The lowest BCUT2D eigenvalue weighted by Crippen LogP contribution is -2.44. The number of rotatable bonds is 1. The summed E-state index contributed by atoms with van der Waals surface area (Å²) in [7, 11) is 0. The molecule has 1 heterocycles. The van der Waals surface area contributed by atoms with Crippen LogP contribution in [0.4, 0.5) is 18.0 Å². The Kier molecular flexibility index (Phi) is 2.89. The molecular formula is C9H11F3N2O2. The number of halogens is 3. The van der Waals surface area contributed by atoms with Crippen LogP contribution in [0, 0.1) is 13.1 Å². The third-order valence-electron chi connectivity index (χ3n) is 1.93. The number of ether oxygens (including phenoxy) is 1. The van der Waals surface area contributed by atoms with E-state index in [0.717, 1.165) is 18.4 Å². The van der Waals surface area contributed by atoms with Crippen molar-refractivity contribution in [3.05, 3.63) is 13.1 Å². The monoisotopic (exact) mass is 236 g/mol. The number of carbonyl (C=O) groups excluding carboxylic acids is 1. The highest BCUT2D eigenvalue weighted by Crippen LogP contribution is 2.33. The lowest BCUT2D eigenvalue weighted by atomic mass is 10.1. The summed E-state index contributed by atoms with van der Waals surface area (Å²) in [6.45, 7) is 7.66. The van der Waals surface area contributed by atoms with E-state index >= 15 is 0 Å². The van der Waals surface area contributed by atoms with E-state index in [1.165, 1.54) is 24.0 Å². The molecule has 4 nitrogen and oxygen atoms in total. The first-order valence-electron chi connectivity index (χ1n) is 4.34. The molecule has 0 atom stereocenters. The van der Waals surface area contributed by atoms with Gasteiger partial charge in [0.2, 0.25) is 0 Å². The van der Waals surface area contributed by atoms with E-state index in [4.69, 9.17) is 0 Å². The molecule has 1 aliphatic heterocycles. The summed E-state index contributed by atoms with van der Waals surface area (Å²) in [5, 5.41) is 0. The number of amides is 1. The Balaban J connectivity index is 2.72. The number of hydrogen-bond acceptors (Lipinski definition) is 2. The SMILES string of the molecule is C=[N+]1C=[N+](C(=O)OC(C)(C)C(F)(F)F)[CH-][CH-]1. The highest BCUT2D eigenvalue weighted by atomic mass is 19.4. The van der Waals surface area contributed by atoms with Gasteiger partial charge in [-0.1, -0.05) is 0 Å². The minimum absolute atomic E-state index is 0.784.